The van der Waals surface area contributed by atoms with Gasteiger partial charge in [0.25, 0.3) is 0 Å². The number of aliphatic imine (C=N–C) groups is 1. The summed E-state index contributed by atoms with van der Waals surface area (Å²) in [6.45, 7) is 5.02. The minimum Gasteiger partial charge on any atom is -0.370 e. The number of nitrogens with zero attached hydrogens (tertiary/aromatic N) is 3. The fraction of sp³-hybridized carbons (Fsp3) is 0.900. The minimum absolute atomic E-state index is 0.630. The van der Waals surface area contributed by atoms with Gasteiger partial charge in [-0.15, -0.1) is 0 Å². The fourth-order valence-corrected chi connectivity index (χ4v) is 1.70. The molecule has 82 valence electrons. The molecule has 0 bridgehead atoms. The van der Waals surface area contributed by atoms with Crippen molar-refractivity contribution < 1.29 is 0 Å². The van der Waals surface area contributed by atoms with Gasteiger partial charge in [-0.3, -0.25) is 4.99 Å². The zero-order chi connectivity index (χ0) is 10.6. The Morgan fingerprint density at radius 2 is 2.29 bits per heavy atom. The molecule has 0 spiro atoms. The highest BCUT2D eigenvalue weighted by molar-refractivity contribution is 5.78. The van der Waals surface area contributed by atoms with Crippen molar-refractivity contribution >= 4 is 5.96 Å². The van der Waals surface area contributed by atoms with Gasteiger partial charge in [-0.2, -0.15) is 0 Å². The predicted molar refractivity (Wildman–Crippen MR) is 60.4 cm³/mol. The molecule has 1 unspecified atom stereocenters. The van der Waals surface area contributed by atoms with Gasteiger partial charge in [-0.1, -0.05) is 6.92 Å². The summed E-state index contributed by atoms with van der Waals surface area (Å²) >= 11 is 0. The maximum atomic E-state index is 5.88. The molecule has 1 aliphatic rings. The molecule has 4 heteroatoms. The molecule has 0 radical (unpaired) electrons. The van der Waals surface area contributed by atoms with Crippen LogP contribution in [0.25, 0.3) is 0 Å². The van der Waals surface area contributed by atoms with Crippen molar-refractivity contribution in [1.29, 1.82) is 0 Å². The van der Waals surface area contributed by atoms with Gasteiger partial charge in [0, 0.05) is 25.7 Å². The summed E-state index contributed by atoms with van der Waals surface area (Å²) in [4.78, 5) is 8.76. The lowest BCUT2D eigenvalue weighted by Crippen LogP contribution is -2.38. The fourth-order valence-electron chi connectivity index (χ4n) is 1.70. The number of guanidine groups is 1. The van der Waals surface area contributed by atoms with E-state index in [1.165, 1.54) is 6.42 Å². The summed E-state index contributed by atoms with van der Waals surface area (Å²) in [6, 6.07) is 0.630. The van der Waals surface area contributed by atoms with Crippen LogP contribution in [0.1, 0.15) is 19.8 Å². The summed E-state index contributed by atoms with van der Waals surface area (Å²) in [6.07, 6.45) is 2.25. The van der Waals surface area contributed by atoms with Crippen molar-refractivity contribution in [2.75, 3.05) is 33.7 Å². The van der Waals surface area contributed by atoms with E-state index in [0.29, 0.717) is 6.04 Å². The van der Waals surface area contributed by atoms with E-state index in [9.17, 15) is 0 Å². The van der Waals surface area contributed by atoms with Crippen LogP contribution in [0.2, 0.25) is 0 Å². The van der Waals surface area contributed by atoms with Crippen molar-refractivity contribution in [2.45, 2.75) is 25.8 Å². The first-order chi connectivity index (χ1) is 6.65. The van der Waals surface area contributed by atoms with Gasteiger partial charge >= 0.3 is 0 Å². The third kappa shape index (κ3) is 2.87. The molecule has 0 saturated carbocycles. The molecule has 0 aromatic carbocycles. The average molecular weight is 198 g/mol. The maximum Gasteiger partial charge on any atom is 0.191 e. The number of hydrogen-bond acceptors (Lipinski definition) is 2. The highest BCUT2D eigenvalue weighted by atomic mass is 15.3. The monoisotopic (exact) mass is 198 g/mol. The average Bonchev–Trinajstić information content (AvgIpc) is 2.62. The summed E-state index contributed by atoms with van der Waals surface area (Å²) in [7, 11) is 4.24. The molecule has 1 rings (SSSR count). The van der Waals surface area contributed by atoms with Crippen molar-refractivity contribution in [3.05, 3.63) is 0 Å². The molecule has 1 atom stereocenters. The van der Waals surface area contributed by atoms with E-state index in [0.717, 1.165) is 32.0 Å². The minimum atomic E-state index is 0.630. The van der Waals surface area contributed by atoms with Crippen LogP contribution < -0.4 is 5.73 Å². The lowest BCUT2D eigenvalue weighted by Gasteiger charge is -2.20. The molecule has 4 nitrogen and oxygen atoms in total. The summed E-state index contributed by atoms with van der Waals surface area (Å²) < 4.78 is 0. The van der Waals surface area contributed by atoms with Gasteiger partial charge in [0.2, 0.25) is 0 Å². The molecule has 1 heterocycles. The summed E-state index contributed by atoms with van der Waals surface area (Å²) in [5.74, 6) is 0.719. The van der Waals surface area contributed by atoms with E-state index in [2.05, 4.69) is 35.8 Å². The number of hydrogen-bond donors (Lipinski definition) is 1. The van der Waals surface area contributed by atoms with Gasteiger partial charge < -0.3 is 15.5 Å². The molecule has 14 heavy (non-hydrogen) atoms. The Hall–Kier alpha value is -0.770. The first kappa shape index (κ1) is 11.3. The molecule has 1 fully saturated rings. The molecule has 1 saturated heterocycles. The van der Waals surface area contributed by atoms with Gasteiger partial charge in [-0.25, -0.2) is 0 Å². The second-order valence-electron chi connectivity index (χ2n) is 4.09. The second-order valence-corrected chi connectivity index (χ2v) is 4.09. The third-order valence-corrected chi connectivity index (χ3v) is 2.72. The molecule has 1 aliphatic heterocycles. The Kier molecular flexibility index (Phi) is 4.20. The largest absolute Gasteiger partial charge is 0.370 e. The Balaban J connectivity index is 2.41. The van der Waals surface area contributed by atoms with E-state index < -0.39 is 0 Å². The first-order valence-corrected chi connectivity index (χ1v) is 5.36. The summed E-state index contributed by atoms with van der Waals surface area (Å²) in [5, 5.41) is 0. The zero-order valence-electron chi connectivity index (χ0n) is 9.53. The molecule has 0 aromatic rings. The zero-order valence-corrected chi connectivity index (χ0v) is 9.53. The van der Waals surface area contributed by atoms with Crippen LogP contribution in [-0.2, 0) is 0 Å². The molecular weight excluding hydrogens is 176 g/mol. The van der Waals surface area contributed by atoms with Crippen molar-refractivity contribution in [3.63, 3.8) is 0 Å². The predicted octanol–water partition coefficient (Wildman–Crippen LogP) is 0.347. The Morgan fingerprint density at radius 1 is 1.57 bits per heavy atom. The van der Waals surface area contributed by atoms with Gasteiger partial charge in [0.05, 0.1) is 0 Å². The lowest BCUT2D eigenvalue weighted by atomic mass is 10.2. The molecule has 0 aliphatic carbocycles. The number of rotatable bonds is 3. The van der Waals surface area contributed by atoms with Crippen LogP contribution in [0, 0.1) is 0 Å². The van der Waals surface area contributed by atoms with Crippen molar-refractivity contribution in [1.82, 2.24) is 9.80 Å². The van der Waals surface area contributed by atoms with Crippen LogP contribution in [0.15, 0.2) is 4.99 Å². The SMILES string of the molecule is CCCN=C(N)N1CCC(N(C)C)C1. The van der Waals surface area contributed by atoms with E-state index >= 15 is 0 Å². The normalized spacial score (nSPS) is 23.6. The number of likely N-dealkylation sites (N-methyl/N-ethyl adjacent to an activating group) is 1. The van der Waals surface area contributed by atoms with E-state index in [1.54, 1.807) is 0 Å². The maximum absolute atomic E-state index is 5.88. The van der Waals surface area contributed by atoms with E-state index in [-0.39, 0.29) is 0 Å². The number of nitrogens with two attached hydrogens (primary N) is 1. The van der Waals surface area contributed by atoms with Gasteiger partial charge in [0.1, 0.15) is 0 Å². The molecule has 0 aromatic heterocycles. The van der Waals surface area contributed by atoms with Crippen LogP contribution in [0.3, 0.4) is 0 Å². The molecule has 0 amide bonds. The highest BCUT2D eigenvalue weighted by Crippen LogP contribution is 2.12. The Morgan fingerprint density at radius 3 is 2.79 bits per heavy atom. The third-order valence-electron chi connectivity index (χ3n) is 2.72. The topological polar surface area (TPSA) is 44.9 Å². The quantitative estimate of drug-likeness (QED) is 0.525. The van der Waals surface area contributed by atoms with Crippen molar-refractivity contribution in [2.24, 2.45) is 10.7 Å². The standard InChI is InChI=1S/C10H22N4/c1-4-6-12-10(11)14-7-5-9(8-14)13(2)3/h9H,4-8H2,1-3H3,(H2,11,12). The van der Waals surface area contributed by atoms with E-state index in [1.807, 2.05) is 0 Å². The second kappa shape index (κ2) is 5.20. The van der Waals surface area contributed by atoms with Crippen LogP contribution >= 0.6 is 0 Å². The molecule has 2 N–H and O–H groups in total. The van der Waals surface area contributed by atoms with E-state index in [4.69, 9.17) is 5.73 Å². The smallest absolute Gasteiger partial charge is 0.191 e. The Bertz CT molecular complexity index is 200. The van der Waals surface area contributed by atoms with Crippen LogP contribution in [0.4, 0.5) is 0 Å². The summed E-state index contributed by atoms with van der Waals surface area (Å²) in [5.41, 5.74) is 5.88. The van der Waals surface area contributed by atoms with Gasteiger partial charge in [0.15, 0.2) is 5.96 Å². The molecular formula is C10H22N4. The Labute approximate surface area is 86.8 Å². The lowest BCUT2D eigenvalue weighted by molar-refractivity contribution is 0.300. The van der Waals surface area contributed by atoms with Crippen LogP contribution in [-0.4, -0.2) is 55.5 Å². The van der Waals surface area contributed by atoms with Crippen molar-refractivity contribution in [3.8, 4) is 0 Å². The highest BCUT2D eigenvalue weighted by Gasteiger charge is 2.24. The number of likely N-dealkylation sites (tertiary alicyclic amines) is 1. The van der Waals surface area contributed by atoms with Gasteiger partial charge in [-0.05, 0) is 26.9 Å². The first-order valence-electron chi connectivity index (χ1n) is 5.36. The van der Waals surface area contributed by atoms with Crippen LogP contribution in [0.5, 0.6) is 0 Å².